The number of rotatable bonds is 8. The molecule has 0 radical (unpaired) electrons. The van der Waals surface area contributed by atoms with Gasteiger partial charge in [-0.05, 0) is 39.3 Å². The number of fused-ring (bicyclic) bond motifs is 1. The van der Waals surface area contributed by atoms with Crippen LogP contribution in [-0.2, 0) is 37.0 Å². The second-order valence-corrected chi connectivity index (χ2v) is 10.0. The number of carbonyl (C=O) groups excluding carboxylic acids is 1. The van der Waals surface area contributed by atoms with Gasteiger partial charge in [0.15, 0.2) is 11.4 Å². The number of amides is 1. The molecule has 2 aliphatic rings. The highest BCUT2D eigenvalue weighted by Gasteiger charge is 2.58. The van der Waals surface area contributed by atoms with Crippen LogP contribution in [0.5, 0.6) is 0 Å². The lowest BCUT2D eigenvalue weighted by atomic mass is 9.78. The van der Waals surface area contributed by atoms with Crippen molar-refractivity contribution in [1.29, 1.82) is 0 Å². The van der Waals surface area contributed by atoms with Crippen LogP contribution in [0, 0.1) is 11.6 Å². The molecule has 35 heavy (non-hydrogen) atoms. The van der Waals surface area contributed by atoms with E-state index in [1.807, 2.05) is 58.0 Å². The zero-order chi connectivity index (χ0) is 25.2. The molecule has 0 aromatic heterocycles. The summed E-state index contributed by atoms with van der Waals surface area (Å²) in [5, 5.41) is 2.94. The van der Waals surface area contributed by atoms with Crippen LogP contribution >= 0.6 is 0 Å². The highest BCUT2D eigenvalue weighted by molar-refractivity contribution is 5.85. The van der Waals surface area contributed by atoms with Crippen LogP contribution in [0.3, 0.4) is 0 Å². The molecule has 1 saturated heterocycles. The van der Waals surface area contributed by atoms with E-state index in [1.54, 1.807) is 0 Å². The molecule has 1 saturated carbocycles. The zero-order valence-corrected chi connectivity index (χ0v) is 20.6. The lowest BCUT2D eigenvalue weighted by Crippen LogP contribution is -2.60. The van der Waals surface area contributed by atoms with Gasteiger partial charge in [-0.3, -0.25) is 4.79 Å². The van der Waals surface area contributed by atoms with E-state index in [9.17, 15) is 13.6 Å². The van der Waals surface area contributed by atoms with Crippen molar-refractivity contribution in [3.63, 3.8) is 0 Å². The first-order chi connectivity index (χ1) is 16.6. The summed E-state index contributed by atoms with van der Waals surface area (Å²) in [6.07, 6.45) is -0.947. The van der Waals surface area contributed by atoms with E-state index in [2.05, 4.69) is 5.32 Å². The minimum atomic E-state index is -1.35. The monoisotopic (exact) mass is 489 g/mol. The van der Waals surface area contributed by atoms with Gasteiger partial charge in [0.25, 0.3) is 5.91 Å². The van der Waals surface area contributed by atoms with Crippen LogP contribution < -0.4 is 5.32 Å². The predicted octanol–water partition coefficient (Wildman–Crippen LogP) is 4.64. The smallest absolute Gasteiger partial charge is 0.252 e. The molecule has 1 amide bonds. The second-order valence-electron chi connectivity index (χ2n) is 10.0. The second kappa shape index (κ2) is 10.3. The summed E-state index contributed by atoms with van der Waals surface area (Å²) in [5.41, 5.74) is -0.201. The minimum Gasteiger partial charge on any atom is -0.371 e. The van der Waals surface area contributed by atoms with Crippen molar-refractivity contribution in [3.8, 4) is 0 Å². The van der Waals surface area contributed by atoms with Gasteiger partial charge < -0.3 is 24.3 Å². The Morgan fingerprint density at radius 3 is 2.51 bits per heavy atom. The van der Waals surface area contributed by atoms with Gasteiger partial charge in [0.05, 0.1) is 25.4 Å². The standard InChI is InChI=1S/C27H33F2NO5/c1-17(2)30-25(31)27(33-16-19-10-11-20(28)12-21(19)29)13-22(32-15-18-8-6-5-7-9-18)24-23(14-27)34-26(3,4)35-24/h5-12,17,22-24H,13-16H2,1-4H3,(H,30,31)/t22?,23-,24+,27-/m1/s1. The van der Waals surface area contributed by atoms with Crippen molar-refractivity contribution >= 4 is 5.91 Å². The molecular formula is C27H33F2NO5. The molecule has 1 heterocycles. The predicted molar refractivity (Wildman–Crippen MR) is 125 cm³/mol. The van der Waals surface area contributed by atoms with Gasteiger partial charge in [0, 0.05) is 30.5 Å². The quantitative estimate of drug-likeness (QED) is 0.585. The molecule has 2 aromatic carbocycles. The summed E-state index contributed by atoms with van der Waals surface area (Å²) in [4.78, 5) is 13.5. The normalized spacial score (nSPS) is 27.6. The number of hydrogen-bond acceptors (Lipinski definition) is 5. The van der Waals surface area contributed by atoms with Crippen molar-refractivity contribution in [2.24, 2.45) is 0 Å². The Balaban J connectivity index is 1.62. The summed E-state index contributed by atoms with van der Waals surface area (Å²) in [5.74, 6) is -2.57. The molecule has 1 unspecified atom stereocenters. The Kier molecular flexibility index (Phi) is 7.57. The highest BCUT2D eigenvalue weighted by Crippen LogP contribution is 2.44. The molecule has 0 spiro atoms. The van der Waals surface area contributed by atoms with E-state index in [-0.39, 0.29) is 43.1 Å². The number of hydrogen-bond donors (Lipinski definition) is 1. The summed E-state index contributed by atoms with van der Waals surface area (Å²) in [6.45, 7) is 7.49. The van der Waals surface area contributed by atoms with Gasteiger partial charge in [0.1, 0.15) is 17.7 Å². The van der Waals surface area contributed by atoms with Gasteiger partial charge in [0.2, 0.25) is 0 Å². The van der Waals surface area contributed by atoms with Gasteiger partial charge in [-0.25, -0.2) is 8.78 Å². The van der Waals surface area contributed by atoms with Crippen LogP contribution in [-0.4, -0.2) is 41.6 Å². The van der Waals surface area contributed by atoms with Crippen LogP contribution in [0.25, 0.3) is 0 Å². The maximum absolute atomic E-state index is 14.4. The van der Waals surface area contributed by atoms with E-state index in [4.69, 9.17) is 18.9 Å². The van der Waals surface area contributed by atoms with Crippen molar-refractivity contribution in [2.75, 3.05) is 0 Å². The Bertz CT molecular complexity index is 1030. The molecular weight excluding hydrogens is 456 g/mol. The molecule has 1 N–H and O–H groups in total. The Morgan fingerprint density at radius 2 is 1.83 bits per heavy atom. The average molecular weight is 490 g/mol. The first-order valence-electron chi connectivity index (χ1n) is 12.0. The molecule has 4 rings (SSSR count). The van der Waals surface area contributed by atoms with Gasteiger partial charge >= 0.3 is 0 Å². The molecule has 1 aliphatic heterocycles. The third kappa shape index (κ3) is 6.06. The van der Waals surface area contributed by atoms with Crippen molar-refractivity contribution in [2.45, 2.75) is 89.5 Å². The number of benzene rings is 2. The van der Waals surface area contributed by atoms with Crippen LogP contribution in [0.15, 0.2) is 48.5 Å². The lowest BCUT2D eigenvalue weighted by Gasteiger charge is -2.43. The molecule has 4 atom stereocenters. The number of halogens is 2. The van der Waals surface area contributed by atoms with E-state index in [0.29, 0.717) is 6.61 Å². The Labute approximate surface area is 204 Å². The van der Waals surface area contributed by atoms with Gasteiger partial charge in [-0.15, -0.1) is 0 Å². The average Bonchev–Trinajstić information content (AvgIpc) is 3.10. The summed E-state index contributed by atoms with van der Waals surface area (Å²) in [7, 11) is 0. The fraction of sp³-hybridized carbons (Fsp3) is 0.519. The topological polar surface area (TPSA) is 66.0 Å². The van der Waals surface area contributed by atoms with Gasteiger partial charge in [-0.2, -0.15) is 0 Å². The molecule has 0 bridgehead atoms. The van der Waals surface area contributed by atoms with Crippen molar-refractivity contribution < 1.29 is 32.5 Å². The summed E-state index contributed by atoms with van der Waals surface area (Å²) >= 11 is 0. The number of ether oxygens (including phenoxy) is 4. The Morgan fingerprint density at radius 1 is 1.09 bits per heavy atom. The fourth-order valence-electron chi connectivity index (χ4n) is 4.73. The van der Waals surface area contributed by atoms with E-state index >= 15 is 0 Å². The minimum absolute atomic E-state index is 0.135. The third-order valence-corrected chi connectivity index (χ3v) is 6.31. The molecule has 1 aliphatic carbocycles. The van der Waals surface area contributed by atoms with E-state index in [1.165, 1.54) is 12.1 Å². The largest absolute Gasteiger partial charge is 0.371 e. The Hall–Kier alpha value is -2.39. The molecule has 8 heteroatoms. The molecule has 6 nitrogen and oxygen atoms in total. The van der Waals surface area contributed by atoms with Gasteiger partial charge in [-0.1, -0.05) is 36.4 Å². The van der Waals surface area contributed by atoms with Crippen molar-refractivity contribution in [1.82, 2.24) is 5.32 Å². The van der Waals surface area contributed by atoms with Crippen molar-refractivity contribution in [3.05, 3.63) is 71.3 Å². The molecule has 2 aromatic rings. The maximum atomic E-state index is 14.4. The first kappa shape index (κ1) is 25.7. The third-order valence-electron chi connectivity index (χ3n) is 6.31. The number of nitrogens with one attached hydrogen (secondary N) is 1. The summed E-state index contributed by atoms with van der Waals surface area (Å²) < 4.78 is 52.6. The summed E-state index contributed by atoms with van der Waals surface area (Å²) in [6, 6.07) is 12.9. The SMILES string of the molecule is CC(C)NC(=O)[C@@]1(OCc2ccc(F)cc2F)CC(OCc2ccccc2)[C@@H]2OC(C)(C)O[C@@H]2C1. The molecule has 190 valence electrons. The highest BCUT2D eigenvalue weighted by atomic mass is 19.1. The zero-order valence-electron chi connectivity index (χ0n) is 20.6. The van der Waals surface area contributed by atoms with Crippen LogP contribution in [0.4, 0.5) is 8.78 Å². The van der Waals surface area contributed by atoms with E-state index < -0.39 is 35.2 Å². The van der Waals surface area contributed by atoms with E-state index in [0.717, 1.165) is 11.6 Å². The lowest BCUT2D eigenvalue weighted by molar-refractivity contribution is -0.184. The van der Waals surface area contributed by atoms with Crippen LogP contribution in [0.1, 0.15) is 51.7 Å². The molecule has 2 fully saturated rings. The first-order valence-corrected chi connectivity index (χ1v) is 12.0. The van der Waals surface area contributed by atoms with Crippen LogP contribution in [0.2, 0.25) is 0 Å². The fourth-order valence-corrected chi connectivity index (χ4v) is 4.73. The maximum Gasteiger partial charge on any atom is 0.252 e. The number of carbonyl (C=O) groups is 1.